The molecule has 0 aliphatic carbocycles. The average molecular weight is 261 g/mol. The second-order valence-electron chi connectivity index (χ2n) is 5.47. The number of amides is 1. The van der Waals surface area contributed by atoms with E-state index in [4.69, 9.17) is 4.74 Å². The minimum Gasteiger partial charge on any atom is -0.497 e. The Kier molecular flexibility index (Phi) is 3.60. The molecule has 4 nitrogen and oxygen atoms in total. The topological polar surface area (TPSA) is 46.6 Å². The number of nitrogens with zero attached hydrogens (tertiary/aromatic N) is 1. The molecule has 0 N–H and O–H groups in total. The summed E-state index contributed by atoms with van der Waals surface area (Å²) < 4.78 is 5.07. The summed E-state index contributed by atoms with van der Waals surface area (Å²) >= 11 is 0. The molecule has 102 valence electrons. The molecule has 1 fully saturated rings. The Morgan fingerprint density at radius 1 is 1.26 bits per heavy atom. The van der Waals surface area contributed by atoms with E-state index in [9.17, 15) is 9.59 Å². The van der Waals surface area contributed by atoms with Crippen LogP contribution in [0.15, 0.2) is 24.3 Å². The first-order valence-electron chi connectivity index (χ1n) is 6.42. The Balaban J connectivity index is 2.23. The number of likely N-dealkylation sites (tertiary alicyclic amines) is 1. The average Bonchev–Trinajstić information content (AvgIpc) is 2.41. The van der Waals surface area contributed by atoms with Crippen molar-refractivity contribution in [1.29, 1.82) is 0 Å². The molecule has 1 saturated heterocycles. The van der Waals surface area contributed by atoms with Crippen molar-refractivity contribution in [1.82, 2.24) is 4.90 Å². The molecule has 0 aromatic heterocycles. The highest BCUT2D eigenvalue weighted by Crippen LogP contribution is 2.27. The summed E-state index contributed by atoms with van der Waals surface area (Å²) in [5.74, 6) is 0.743. The van der Waals surface area contributed by atoms with Crippen LogP contribution in [0.4, 0.5) is 0 Å². The Morgan fingerprint density at radius 3 is 2.47 bits per heavy atom. The van der Waals surface area contributed by atoms with Gasteiger partial charge >= 0.3 is 0 Å². The normalized spacial score (nSPS) is 18.3. The van der Waals surface area contributed by atoms with Crippen LogP contribution in [0.1, 0.15) is 37.0 Å². The number of hydrogen-bond acceptors (Lipinski definition) is 3. The van der Waals surface area contributed by atoms with Crippen LogP contribution in [0.2, 0.25) is 0 Å². The molecule has 0 saturated carbocycles. The van der Waals surface area contributed by atoms with Crippen molar-refractivity contribution in [3.8, 4) is 5.75 Å². The van der Waals surface area contributed by atoms with Crippen LogP contribution >= 0.6 is 0 Å². The van der Waals surface area contributed by atoms with Gasteiger partial charge in [0.2, 0.25) is 0 Å². The van der Waals surface area contributed by atoms with Crippen molar-refractivity contribution in [2.24, 2.45) is 0 Å². The molecule has 1 aliphatic rings. The fourth-order valence-corrected chi connectivity index (χ4v) is 2.29. The highest BCUT2D eigenvalue weighted by Gasteiger charge is 2.36. The van der Waals surface area contributed by atoms with Gasteiger partial charge in [-0.2, -0.15) is 0 Å². The standard InChI is InChI=1S/C15H19NO3/c1-15(2)9-8-12(17)10-16(15)14(18)11-4-6-13(19-3)7-5-11/h4-7H,8-10H2,1-3H3. The van der Waals surface area contributed by atoms with Crippen molar-refractivity contribution < 1.29 is 14.3 Å². The number of benzene rings is 1. The van der Waals surface area contributed by atoms with Gasteiger partial charge in [-0.25, -0.2) is 0 Å². The quantitative estimate of drug-likeness (QED) is 0.820. The molecule has 19 heavy (non-hydrogen) atoms. The summed E-state index contributed by atoms with van der Waals surface area (Å²) in [5.41, 5.74) is 0.314. The number of piperidine rings is 1. The van der Waals surface area contributed by atoms with E-state index in [1.807, 2.05) is 13.8 Å². The van der Waals surface area contributed by atoms with E-state index >= 15 is 0 Å². The summed E-state index contributed by atoms with van der Waals surface area (Å²) in [6, 6.07) is 6.98. The van der Waals surface area contributed by atoms with Gasteiger partial charge in [0.25, 0.3) is 5.91 Å². The van der Waals surface area contributed by atoms with Gasteiger partial charge in [-0.1, -0.05) is 0 Å². The summed E-state index contributed by atoms with van der Waals surface area (Å²) in [7, 11) is 1.59. The first-order valence-corrected chi connectivity index (χ1v) is 6.42. The number of ketones is 1. The molecule has 0 unspecified atom stereocenters. The number of carbonyl (C=O) groups excluding carboxylic acids is 2. The van der Waals surface area contributed by atoms with E-state index in [-0.39, 0.29) is 23.8 Å². The lowest BCUT2D eigenvalue weighted by Gasteiger charge is -2.41. The Morgan fingerprint density at radius 2 is 1.89 bits per heavy atom. The number of carbonyl (C=O) groups is 2. The molecule has 1 heterocycles. The first kappa shape index (κ1) is 13.6. The maximum absolute atomic E-state index is 12.5. The first-order chi connectivity index (χ1) is 8.94. The summed E-state index contributed by atoms with van der Waals surface area (Å²) in [6.07, 6.45) is 1.27. The van der Waals surface area contributed by atoms with Crippen LogP contribution in [0, 0.1) is 0 Å². The van der Waals surface area contributed by atoms with Gasteiger partial charge in [-0.15, -0.1) is 0 Å². The van der Waals surface area contributed by atoms with Crippen LogP contribution in [0.3, 0.4) is 0 Å². The van der Waals surface area contributed by atoms with Gasteiger partial charge in [0, 0.05) is 17.5 Å². The molecular formula is C15H19NO3. The predicted octanol–water partition coefficient (Wildman–Crippen LogP) is 2.28. The van der Waals surface area contributed by atoms with E-state index in [1.54, 1.807) is 36.3 Å². The minimum atomic E-state index is -0.273. The molecule has 0 radical (unpaired) electrons. The fourth-order valence-electron chi connectivity index (χ4n) is 2.29. The minimum absolute atomic E-state index is 0.0966. The monoisotopic (exact) mass is 261 g/mol. The third-order valence-electron chi connectivity index (χ3n) is 3.66. The van der Waals surface area contributed by atoms with Gasteiger partial charge in [0.1, 0.15) is 5.75 Å². The van der Waals surface area contributed by atoms with Crippen LogP contribution < -0.4 is 4.74 Å². The summed E-state index contributed by atoms with van der Waals surface area (Å²) in [4.78, 5) is 25.7. The SMILES string of the molecule is COc1ccc(C(=O)N2CC(=O)CCC2(C)C)cc1. The smallest absolute Gasteiger partial charge is 0.254 e. The zero-order chi connectivity index (χ0) is 14.0. The molecule has 1 aromatic carbocycles. The van der Waals surface area contributed by atoms with Crippen LogP contribution in [0.5, 0.6) is 5.75 Å². The van der Waals surface area contributed by atoms with Crippen molar-refractivity contribution in [2.45, 2.75) is 32.2 Å². The molecule has 1 amide bonds. The molecule has 0 atom stereocenters. The molecule has 4 heteroatoms. The molecule has 0 bridgehead atoms. The molecule has 0 spiro atoms. The van der Waals surface area contributed by atoms with Crippen LogP contribution in [-0.2, 0) is 4.79 Å². The Bertz CT molecular complexity index is 491. The van der Waals surface area contributed by atoms with Crippen LogP contribution in [0.25, 0.3) is 0 Å². The lowest BCUT2D eigenvalue weighted by Crippen LogP contribution is -2.53. The van der Waals surface area contributed by atoms with E-state index in [2.05, 4.69) is 0 Å². The maximum Gasteiger partial charge on any atom is 0.254 e. The lowest BCUT2D eigenvalue weighted by molar-refractivity contribution is -0.124. The van der Waals surface area contributed by atoms with Crippen molar-refractivity contribution in [2.75, 3.05) is 13.7 Å². The molecule has 2 rings (SSSR count). The highest BCUT2D eigenvalue weighted by molar-refractivity contribution is 5.98. The van der Waals surface area contributed by atoms with Crippen molar-refractivity contribution in [3.05, 3.63) is 29.8 Å². The Hall–Kier alpha value is -1.84. The Labute approximate surface area is 113 Å². The lowest BCUT2D eigenvalue weighted by atomic mass is 9.89. The van der Waals surface area contributed by atoms with E-state index in [0.29, 0.717) is 24.2 Å². The van der Waals surface area contributed by atoms with E-state index in [1.165, 1.54) is 0 Å². The third-order valence-corrected chi connectivity index (χ3v) is 3.66. The third kappa shape index (κ3) is 2.78. The fraction of sp³-hybridized carbons (Fsp3) is 0.467. The molecule has 1 aliphatic heterocycles. The van der Waals surface area contributed by atoms with Gasteiger partial charge in [0.15, 0.2) is 5.78 Å². The number of methoxy groups -OCH3 is 1. The maximum atomic E-state index is 12.5. The number of hydrogen-bond donors (Lipinski definition) is 0. The number of ether oxygens (including phenoxy) is 1. The predicted molar refractivity (Wildman–Crippen MR) is 72.4 cm³/mol. The largest absolute Gasteiger partial charge is 0.497 e. The summed E-state index contributed by atoms with van der Waals surface area (Å²) in [5, 5.41) is 0. The van der Waals surface area contributed by atoms with E-state index < -0.39 is 0 Å². The zero-order valence-corrected chi connectivity index (χ0v) is 11.6. The second kappa shape index (κ2) is 5.03. The van der Waals surface area contributed by atoms with Gasteiger partial charge in [-0.05, 0) is 44.5 Å². The van der Waals surface area contributed by atoms with Crippen molar-refractivity contribution in [3.63, 3.8) is 0 Å². The second-order valence-corrected chi connectivity index (χ2v) is 5.47. The molecule has 1 aromatic rings. The summed E-state index contributed by atoms with van der Waals surface area (Å²) in [6.45, 7) is 4.21. The number of rotatable bonds is 2. The van der Waals surface area contributed by atoms with Gasteiger partial charge in [-0.3, -0.25) is 9.59 Å². The highest BCUT2D eigenvalue weighted by atomic mass is 16.5. The van der Waals surface area contributed by atoms with Gasteiger partial charge in [0.05, 0.1) is 13.7 Å². The van der Waals surface area contributed by atoms with Crippen molar-refractivity contribution >= 4 is 11.7 Å². The molecular weight excluding hydrogens is 242 g/mol. The van der Waals surface area contributed by atoms with Crippen LogP contribution in [-0.4, -0.2) is 35.8 Å². The zero-order valence-electron chi connectivity index (χ0n) is 11.6. The van der Waals surface area contributed by atoms with E-state index in [0.717, 1.165) is 0 Å². The number of Topliss-reactive ketones (excluding diaryl/α,β-unsaturated/α-hetero) is 1. The van der Waals surface area contributed by atoms with Gasteiger partial charge < -0.3 is 9.64 Å².